The van der Waals surface area contributed by atoms with Crippen LogP contribution in [-0.4, -0.2) is 44.4 Å². The summed E-state index contributed by atoms with van der Waals surface area (Å²) < 4.78 is 50.0. The first-order valence-electron chi connectivity index (χ1n) is 6.40. The SMILES string of the molecule is Cc1cc2c(cc1NS(C)(=O)=O)c(C(=O)O)c(C)n2S(C)(=O)=O. The van der Waals surface area contributed by atoms with Gasteiger partial charge in [0.1, 0.15) is 0 Å². The number of aryl methyl sites for hydroxylation is 1. The summed E-state index contributed by atoms with van der Waals surface area (Å²) in [5.41, 5.74) is 0.752. The van der Waals surface area contributed by atoms with Gasteiger partial charge in [-0.1, -0.05) is 0 Å². The highest BCUT2D eigenvalue weighted by atomic mass is 32.2. The number of aromatic carboxylic acids is 1. The Kier molecular flexibility index (Phi) is 3.94. The minimum atomic E-state index is -3.72. The number of aromatic nitrogens is 1. The van der Waals surface area contributed by atoms with E-state index in [1.807, 2.05) is 0 Å². The second-order valence-corrected chi connectivity index (χ2v) is 8.93. The van der Waals surface area contributed by atoms with Crippen molar-refractivity contribution in [2.45, 2.75) is 13.8 Å². The predicted octanol–water partition coefficient (Wildman–Crippen LogP) is 1.14. The number of carboxylic acids is 1. The van der Waals surface area contributed by atoms with E-state index in [0.29, 0.717) is 5.56 Å². The summed E-state index contributed by atoms with van der Waals surface area (Å²) in [6.07, 6.45) is 1.95. The molecule has 126 valence electrons. The largest absolute Gasteiger partial charge is 0.478 e. The summed E-state index contributed by atoms with van der Waals surface area (Å²) in [4.78, 5) is 11.5. The topological polar surface area (TPSA) is 123 Å². The van der Waals surface area contributed by atoms with Crippen molar-refractivity contribution in [3.8, 4) is 0 Å². The molecule has 0 saturated carbocycles. The molecule has 8 nitrogen and oxygen atoms in total. The summed E-state index contributed by atoms with van der Waals surface area (Å²) in [7, 11) is -7.28. The van der Waals surface area contributed by atoms with Gasteiger partial charge < -0.3 is 5.11 Å². The molecule has 1 heterocycles. The van der Waals surface area contributed by atoms with Crippen LogP contribution in [0.25, 0.3) is 10.9 Å². The maximum atomic E-state index is 12.0. The average Bonchev–Trinajstić information content (AvgIpc) is 2.58. The summed E-state index contributed by atoms with van der Waals surface area (Å²) in [6, 6.07) is 2.78. The van der Waals surface area contributed by atoms with Crippen molar-refractivity contribution in [1.29, 1.82) is 0 Å². The Morgan fingerprint density at radius 1 is 1.13 bits per heavy atom. The van der Waals surface area contributed by atoms with Crippen LogP contribution in [0.5, 0.6) is 0 Å². The molecule has 23 heavy (non-hydrogen) atoms. The lowest BCUT2D eigenvalue weighted by molar-refractivity contribution is 0.0698. The smallest absolute Gasteiger partial charge is 0.338 e. The van der Waals surface area contributed by atoms with E-state index in [2.05, 4.69) is 4.72 Å². The van der Waals surface area contributed by atoms with Gasteiger partial charge in [0.2, 0.25) is 20.0 Å². The van der Waals surface area contributed by atoms with Crippen LogP contribution in [0.1, 0.15) is 21.6 Å². The second kappa shape index (κ2) is 5.24. The zero-order chi connectivity index (χ0) is 17.7. The van der Waals surface area contributed by atoms with Crippen molar-refractivity contribution in [3.63, 3.8) is 0 Å². The molecule has 0 spiro atoms. The van der Waals surface area contributed by atoms with Crippen LogP contribution in [-0.2, 0) is 20.0 Å². The van der Waals surface area contributed by atoms with Crippen molar-refractivity contribution < 1.29 is 26.7 Å². The molecule has 0 unspecified atom stereocenters. The molecular weight excluding hydrogens is 344 g/mol. The van der Waals surface area contributed by atoms with Crippen LogP contribution in [0.2, 0.25) is 0 Å². The number of carbonyl (C=O) groups is 1. The standard InChI is InChI=1S/C13H16N2O6S2/c1-7-5-11-9(6-10(7)14-22(3,18)19)12(13(16)17)8(2)15(11)23(4,20)21/h5-6,14H,1-4H3,(H,16,17). The number of carboxylic acid groups (broad SMARTS) is 1. The number of anilines is 1. The molecular formula is C13H16N2O6S2. The first-order chi connectivity index (χ1) is 10.3. The van der Waals surface area contributed by atoms with E-state index >= 15 is 0 Å². The Hall–Kier alpha value is -2.07. The van der Waals surface area contributed by atoms with Crippen molar-refractivity contribution in [3.05, 3.63) is 29.0 Å². The van der Waals surface area contributed by atoms with Gasteiger partial charge >= 0.3 is 5.97 Å². The van der Waals surface area contributed by atoms with Crippen LogP contribution >= 0.6 is 0 Å². The molecule has 0 aliphatic heterocycles. The quantitative estimate of drug-likeness (QED) is 0.843. The van der Waals surface area contributed by atoms with Crippen molar-refractivity contribution in [1.82, 2.24) is 3.97 Å². The Labute approximate surface area is 133 Å². The van der Waals surface area contributed by atoms with Gasteiger partial charge in [0.25, 0.3) is 0 Å². The first-order valence-corrected chi connectivity index (χ1v) is 10.1. The van der Waals surface area contributed by atoms with Crippen molar-refractivity contribution in [2.75, 3.05) is 17.2 Å². The van der Waals surface area contributed by atoms with Gasteiger partial charge in [-0.05, 0) is 31.5 Å². The molecule has 2 aromatic rings. The van der Waals surface area contributed by atoms with Crippen LogP contribution in [0.15, 0.2) is 12.1 Å². The van der Waals surface area contributed by atoms with E-state index in [1.54, 1.807) is 6.92 Å². The lowest BCUT2D eigenvalue weighted by Gasteiger charge is -2.09. The van der Waals surface area contributed by atoms with E-state index in [9.17, 15) is 26.7 Å². The van der Waals surface area contributed by atoms with Crippen molar-refractivity contribution in [2.24, 2.45) is 0 Å². The number of fused-ring (bicyclic) bond motifs is 1. The molecule has 0 saturated heterocycles. The predicted molar refractivity (Wildman–Crippen MR) is 87.1 cm³/mol. The summed E-state index contributed by atoms with van der Waals surface area (Å²) in [6.45, 7) is 2.99. The number of sulfonamides is 1. The van der Waals surface area contributed by atoms with E-state index in [0.717, 1.165) is 16.5 Å². The molecule has 0 radical (unpaired) electrons. The van der Waals surface area contributed by atoms with Gasteiger partial charge in [0.15, 0.2) is 0 Å². The Morgan fingerprint density at radius 3 is 2.13 bits per heavy atom. The van der Waals surface area contributed by atoms with Crippen LogP contribution in [0.4, 0.5) is 5.69 Å². The first kappa shape index (κ1) is 17.3. The molecule has 0 bridgehead atoms. The van der Waals surface area contributed by atoms with Crippen LogP contribution in [0, 0.1) is 13.8 Å². The third-order valence-corrected chi connectivity index (χ3v) is 5.06. The van der Waals surface area contributed by atoms with Crippen LogP contribution < -0.4 is 4.72 Å². The molecule has 2 N–H and O–H groups in total. The Bertz CT molecular complexity index is 1030. The molecule has 0 fully saturated rings. The average molecular weight is 360 g/mol. The number of benzene rings is 1. The summed E-state index contributed by atoms with van der Waals surface area (Å²) >= 11 is 0. The molecule has 2 rings (SSSR count). The fourth-order valence-electron chi connectivity index (χ4n) is 2.55. The molecule has 10 heteroatoms. The molecule has 1 aromatic heterocycles. The molecule has 0 aliphatic carbocycles. The highest BCUT2D eigenvalue weighted by Gasteiger charge is 2.25. The Morgan fingerprint density at radius 2 is 1.70 bits per heavy atom. The molecule has 0 atom stereocenters. The fraction of sp³-hybridized carbons (Fsp3) is 0.308. The zero-order valence-corrected chi connectivity index (χ0v) is 14.5. The molecule has 0 amide bonds. The minimum absolute atomic E-state index is 0.0610. The number of nitrogens with zero attached hydrogens (tertiary/aromatic N) is 1. The third kappa shape index (κ3) is 3.17. The number of hydrogen-bond acceptors (Lipinski definition) is 5. The van der Waals surface area contributed by atoms with E-state index < -0.39 is 26.0 Å². The van der Waals surface area contributed by atoms with Crippen LogP contribution in [0.3, 0.4) is 0 Å². The lowest BCUT2D eigenvalue weighted by Crippen LogP contribution is -2.13. The summed E-state index contributed by atoms with van der Waals surface area (Å²) in [5.74, 6) is -1.29. The summed E-state index contributed by atoms with van der Waals surface area (Å²) in [5, 5.41) is 9.54. The Balaban J connectivity index is 2.97. The van der Waals surface area contributed by atoms with E-state index in [-0.39, 0.29) is 27.8 Å². The maximum Gasteiger partial charge on any atom is 0.338 e. The van der Waals surface area contributed by atoms with Gasteiger partial charge in [-0.15, -0.1) is 0 Å². The highest BCUT2D eigenvalue weighted by molar-refractivity contribution is 7.92. The number of rotatable bonds is 4. The van der Waals surface area contributed by atoms with Crippen molar-refractivity contribution >= 4 is 42.6 Å². The third-order valence-electron chi connectivity index (χ3n) is 3.34. The van der Waals surface area contributed by atoms with Gasteiger partial charge in [0, 0.05) is 11.1 Å². The van der Waals surface area contributed by atoms with E-state index in [1.165, 1.54) is 19.1 Å². The lowest BCUT2D eigenvalue weighted by atomic mass is 10.1. The van der Waals surface area contributed by atoms with Gasteiger partial charge in [-0.25, -0.2) is 25.6 Å². The van der Waals surface area contributed by atoms with Gasteiger partial charge in [-0.2, -0.15) is 0 Å². The second-order valence-electron chi connectivity index (χ2n) is 5.35. The molecule has 1 aromatic carbocycles. The number of nitrogens with one attached hydrogen (secondary N) is 1. The van der Waals surface area contributed by atoms with E-state index in [4.69, 9.17) is 0 Å². The fourth-order valence-corrected chi connectivity index (χ4v) is 4.26. The monoisotopic (exact) mass is 360 g/mol. The normalized spacial score (nSPS) is 12.5. The minimum Gasteiger partial charge on any atom is -0.478 e. The zero-order valence-electron chi connectivity index (χ0n) is 12.9. The van der Waals surface area contributed by atoms with Gasteiger partial charge in [-0.3, -0.25) is 4.72 Å². The highest BCUT2D eigenvalue weighted by Crippen LogP contribution is 2.32. The molecule has 0 aliphatic rings. The van der Waals surface area contributed by atoms with Gasteiger partial charge in [0.05, 0.1) is 29.3 Å². The maximum absolute atomic E-state index is 12.0. The number of hydrogen-bond donors (Lipinski definition) is 2.